The van der Waals surface area contributed by atoms with Crippen LogP contribution < -0.4 is 5.32 Å². The molecule has 8 heteroatoms. The molecule has 0 amide bonds. The maximum Gasteiger partial charge on any atom is 0.252 e. The molecule has 4 nitrogen and oxygen atoms in total. The molecule has 0 aromatic carbocycles. The molecule has 1 fully saturated rings. The second-order valence-electron chi connectivity index (χ2n) is 3.69. The first-order valence-electron chi connectivity index (χ1n) is 5.17. The van der Waals surface area contributed by atoms with Crippen molar-refractivity contribution in [2.45, 2.75) is 10.6 Å². The molecule has 2 heterocycles. The average Bonchev–Trinajstić information content (AvgIpc) is 2.54. The molecule has 1 aliphatic heterocycles. The molecular formula is C9H12BrClN2O2S2. The van der Waals surface area contributed by atoms with Crippen LogP contribution in [0.25, 0.3) is 0 Å². The number of hydrogen-bond acceptors (Lipinski definition) is 4. The van der Waals surface area contributed by atoms with Crippen LogP contribution in [0, 0.1) is 0 Å². The van der Waals surface area contributed by atoms with E-state index < -0.39 is 10.0 Å². The van der Waals surface area contributed by atoms with Crippen molar-refractivity contribution in [1.29, 1.82) is 0 Å². The van der Waals surface area contributed by atoms with Crippen LogP contribution in [0.5, 0.6) is 0 Å². The quantitative estimate of drug-likeness (QED) is 0.880. The summed E-state index contributed by atoms with van der Waals surface area (Å²) in [4.78, 5) is 0. The van der Waals surface area contributed by atoms with Gasteiger partial charge in [-0.15, -0.1) is 11.3 Å². The van der Waals surface area contributed by atoms with Crippen LogP contribution in [-0.4, -0.2) is 38.9 Å². The predicted octanol–water partition coefficient (Wildman–Crippen LogP) is 2.15. The Kier molecular flexibility index (Phi) is 4.49. The Morgan fingerprint density at radius 2 is 2.18 bits per heavy atom. The molecule has 17 heavy (non-hydrogen) atoms. The van der Waals surface area contributed by atoms with Gasteiger partial charge in [0.05, 0.1) is 8.81 Å². The molecule has 0 aliphatic carbocycles. The molecular weight excluding hydrogens is 348 g/mol. The van der Waals surface area contributed by atoms with Crippen LogP contribution in [0.3, 0.4) is 0 Å². The second kappa shape index (κ2) is 5.54. The number of thiophene rings is 1. The van der Waals surface area contributed by atoms with Gasteiger partial charge in [0.25, 0.3) is 10.0 Å². The molecule has 0 saturated carbocycles. The van der Waals surface area contributed by atoms with Gasteiger partial charge in [0.2, 0.25) is 0 Å². The van der Waals surface area contributed by atoms with Gasteiger partial charge in [-0.2, -0.15) is 4.31 Å². The van der Waals surface area contributed by atoms with Crippen LogP contribution in [0.2, 0.25) is 5.02 Å². The van der Waals surface area contributed by atoms with Gasteiger partial charge in [0, 0.05) is 19.6 Å². The lowest BCUT2D eigenvalue weighted by atomic mass is 10.4. The zero-order valence-electron chi connectivity index (χ0n) is 8.95. The van der Waals surface area contributed by atoms with E-state index in [-0.39, 0.29) is 0 Å². The maximum absolute atomic E-state index is 12.3. The maximum atomic E-state index is 12.3. The Labute approximate surface area is 118 Å². The highest BCUT2D eigenvalue weighted by Crippen LogP contribution is 2.35. The first-order chi connectivity index (χ1) is 8.01. The standard InChI is InChI=1S/C9H12BrClN2O2S2/c10-9-7(11)6-8(16-9)17(14,15)13-4-1-2-12-3-5-13/h6,12H,1-5H2. The molecule has 1 aromatic heterocycles. The number of nitrogens with one attached hydrogen (secondary N) is 1. The number of rotatable bonds is 2. The van der Waals surface area contributed by atoms with Crippen LogP contribution in [0.15, 0.2) is 14.1 Å². The summed E-state index contributed by atoms with van der Waals surface area (Å²) in [5, 5.41) is 3.63. The summed E-state index contributed by atoms with van der Waals surface area (Å²) in [5.74, 6) is 0. The van der Waals surface area contributed by atoms with E-state index in [1.165, 1.54) is 10.4 Å². The summed E-state index contributed by atoms with van der Waals surface area (Å²) in [6, 6.07) is 1.50. The van der Waals surface area contributed by atoms with E-state index in [4.69, 9.17) is 11.6 Å². The summed E-state index contributed by atoms with van der Waals surface area (Å²) in [6.07, 6.45) is 0.833. The third kappa shape index (κ3) is 3.02. The predicted molar refractivity (Wildman–Crippen MR) is 73.3 cm³/mol. The van der Waals surface area contributed by atoms with Gasteiger partial charge in [0.15, 0.2) is 0 Å². The molecule has 0 spiro atoms. The normalized spacial score (nSPS) is 19.2. The van der Waals surface area contributed by atoms with Crippen molar-refractivity contribution in [3.05, 3.63) is 14.9 Å². The fourth-order valence-electron chi connectivity index (χ4n) is 1.64. The Balaban J connectivity index is 2.28. The number of halogens is 2. The van der Waals surface area contributed by atoms with Gasteiger partial charge >= 0.3 is 0 Å². The minimum Gasteiger partial charge on any atom is -0.315 e. The second-order valence-corrected chi connectivity index (χ2v) is 8.64. The van der Waals surface area contributed by atoms with Crippen LogP contribution >= 0.6 is 38.9 Å². The average molecular weight is 360 g/mol. The van der Waals surface area contributed by atoms with Gasteiger partial charge in [-0.3, -0.25) is 0 Å². The van der Waals surface area contributed by atoms with Gasteiger partial charge in [-0.25, -0.2) is 8.42 Å². The lowest BCUT2D eigenvalue weighted by Crippen LogP contribution is -2.33. The highest BCUT2D eigenvalue weighted by Gasteiger charge is 2.27. The van der Waals surface area contributed by atoms with Gasteiger partial charge in [0.1, 0.15) is 4.21 Å². The molecule has 1 saturated heterocycles. The third-order valence-electron chi connectivity index (χ3n) is 2.52. The van der Waals surface area contributed by atoms with Crippen LogP contribution in [-0.2, 0) is 10.0 Å². The van der Waals surface area contributed by atoms with E-state index in [1.54, 1.807) is 0 Å². The Morgan fingerprint density at radius 3 is 2.82 bits per heavy atom. The number of hydrogen-bond donors (Lipinski definition) is 1. The summed E-state index contributed by atoms with van der Waals surface area (Å²) in [5.41, 5.74) is 0. The van der Waals surface area contributed by atoms with Crippen LogP contribution in [0.1, 0.15) is 6.42 Å². The monoisotopic (exact) mass is 358 g/mol. The van der Waals surface area contributed by atoms with E-state index >= 15 is 0 Å². The van der Waals surface area contributed by atoms with Crippen molar-refractivity contribution in [2.75, 3.05) is 26.2 Å². The lowest BCUT2D eigenvalue weighted by Gasteiger charge is -2.18. The SMILES string of the molecule is O=S(=O)(c1cc(Cl)c(Br)s1)N1CCCNCC1. The van der Waals surface area contributed by atoms with Gasteiger partial charge in [-0.05, 0) is 35.0 Å². The van der Waals surface area contributed by atoms with E-state index in [1.807, 2.05) is 0 Å². The first kappa shape index (κ1) is 13.8. The summed E-state index contributed by atoms with van der Waals surface area (Å²) < 4.78 is 27.1. The molecule has 96 valence electrons. The van der Waals surface area contributed by atoms with Crippen molar-refractivity contribution in [3.8, 4) is 0 Å². The van der Waals surface area contributed by atoms with Crippen molar-refractivity contribution in [3.63, 3.8) is 0 Å². The van der Waals surface area contributed by atoms with Crippen molar-refractivity contribution >= 4 is 48.9 Å². The molecule has 0 unspecified atom stereocenters. The Hall–Kier alpha value is 0.340. The summed E-state index contributed by atoms with van der Waals surface area (Å²) >= 11 is 10.3. The number of nitrogens with zero attached hydrogens (tertiary/aromatic N) is 1. The molecule has 0 atom stereocenters. The highest BCUT2D eigenvalue weighted by atomic mass is 79.9. The van der Waals surface area contributed by atoms with Gasteiger partial charge in [-0.1, -0.05) is 11.6 Å². The fraction of sp³-hybridized carbons (Fsp3) is 0.556. The van der Waals surface area contributed by atoms with Crippen molar-refractivity contribution in [1.82, 2.24) is 9.62 Å². The van der Waals surface area contributed by atoms with Crippen molar-refractivity contribution < 1.29 is 8.42 Å². The molecule has 1 aliphatic rings. The molecule has 1 N–H and O–H groups in total. The van der Waals surface area contributed by atoms with E-state index in [2.05, 4.69) is 21.2 Å². The van der Waals surface area contributed by atoms with Crippen molar-refractivity contribution in [2.24, 2.45) is 0 Å². The minimum absolute atomic E-state index is 0.302. The van der Waals surface area contributed by atoms with Gasteiger partial charge < -0.3 is 5.32 Å². The van der Waals surface area contributed by atoms with E-state index in [9.17, 15) is 8.42 Å². The first-order valence-corrected chi connectivity index (χ1v) is 8.60. The van der Waals surface area contributed by atoms with E-state index in [0.717, 1.165) is 24.3 Å². The highest BCUT2D eigenvalue weighted by molar-refractivity contribution is 9.11. The topological polar surface area (TPSA) is 49.4 Å². The third-order valence-corrected chi connectivity index (χ3v) is 7.34. The summed E-state index contributed by atoms with van der Waals surface area (Å²) in [7, 11) is -3.39. The fourth-order valence-corrected chi connectivity index (χ4v) is 5.68. The molecule has 0 bridgehead atoms. The summed E-state index contributed by atoms with van der Waals surface area (Å²) in [6.45, 7) is 2.62. The molecule has 1 aromatic rings. The lowest BCUT2D eigenvalue weighted by molar-refractivity contribution is 0.433. The van der Waals surface area contributed by atoms with Crippen LogP contribution in [0.4, 0.5) is 0 Å². The molecule has 0 radical (unpaired) electrons. The number of sulfonamides is 1. The Bertz CT molecular complexity index is 476. The smallest absolute Gasteiger partial charge is 0.252 e. The van der Waals surface area contributed by atoms with E-state index in [0.29, 0.717) is 32.7 Å². The minimum atomic E-state index is -3.39. The Morgan fingerprint density at radius 1 is 1.41 bits per heavy atom. The zero-order chi connectivity index (χ0) is 12.5. The molecule has 2 rings (SSSR count). The largest absolute Gasteiger partial charge is 0.315 e. The zero-order valence-corrected chi connectivity index (χ0v) is 12.9.